The first-order valence-corrected chi connectivity index (χ1v) is 7.88. The van der Waals surface area contributed by atoms with Crippen molar-refractivity contribution in [2.45, 2.75) is 11.8 Å². The number of carbonyl (C=O) groups excluding carboxylic acids is 2. The molecule has 0 aliphatic rings. The van der Waals surface area contributed by atoms with Gasteiger partial charge in [0.2, 0.25) is 0 Å². The second-order valence-electron chi connectivity index (χ2n) is 4.49. The maximum Gasteiger partial charge on any atom is 0.285 e. The molecule has 0 bridgehead atoms. The van der Waals surface area contributed by atoms with Crippen LogP contribution in [0.1, 0.15) is 15.5 Å². The highest BCUT2D eigenvalue weighted by atomic mass is 32.2. The summed E-state index contributed by atoms with van der Waals surface area (Å²) in [7, 11) is 3.42. The van der Waals surface area contributed by atoms with Gasteiger partial charge in [0.05, 0.1) is 5.01 Å². The van der Waals surface area contributed by atoms with Gasteiger partial charge in [-0.25, -0.2) is 4.98 Å². The van der Waals surface area contributed by atoms with E-state index in [1.807, 2.05) is 6.92 Å². The van der Waals surface area contributed by atoms with Crippen molar-refractivity contribution in [2.24, 2.45) is 0 Å². The number of thiazole rings is 1. The molecule has 2 aromatic rings. The van der Waals surface area contributed by atoms with Gasteiger partial charge in [-0.2, -0.15) is 0 Å². The minimum atomic E-state index is -0.232. The molecule has 0 aliphatic heterocycles. The van der Waals surface area contributed by atoms with Crippen molar-refractivity contribution in [3.63, 3.8) is 0 Å². The van der Waals surface area contributed by atoms with E-state index in [0.29, 0.717) is 11.4 Å². The molecule has 0 spiro atoms. The molecule has 0 fully saturated rings. The normalized spacial score (nSPS) is 10.2. The SMILES string of the molecule is Cc1nc(C(=O)Nc2ccc(SC(=O)N(C)C)cc2)cs1. The van der Waals surface area contributed by atoms with Crippen molar-refractivity contribution in [1.82, 2.24) is 9.88 Å². The minimum absolute atomic E-state index is 0.0373. The van der Waals surface area contributed by atoms with Gasteiger partial charge in [0.15, 0.2) is 0 Å². The van der Waals surface area contributed by atoms with Crippen LogP contribution < -0.4 is 5.32 Å². The first-order valence-electron chi connectivity index (χ1n) is 6.18. The van der Waals surface area contributed by atoms with Crippen molar-refractivity contribution in [1.29, 1.82) is 0 Å². The quantitative estimate of drug-likeness (QED) is 0.879. The maximum absolute atomic E-state index is 11.9. The Balaban J connectivity index is 1.99. The van der Waals surface area contributed by atoms with E-state index < -0.39 is 0 Å². The monoisotopic (exact) mass is 321 g/mol. The van der Waals surface area contributed by atoms with Crippen LogP contribution in [-0.2, 0) is 0 Å². The van der Waals surface area contributed by atoms with E-state index >= 15 is 0 Å². The first-order chi connectivity index (χ1) is 9.95. The number of rotatable bonds is 3. The van der Waals surface area contributed by atoms with E-state index in [0.717, 1.165) is 21.7 Å². The lowest BCUT2D eigenvalue weighted by Crippen LogP contribution is -2.16. The van der Waals surface area contributed by atoms with Crippen molar-refractivity contribution in [3.05, 3.63) is 40.3 Å². The molecule has 0 radical (unpaired) electrons. The zero-order valence-corrected chi connectivity index (χ0v) is 13.5. The number of carbonyl (C=O) groups is 2. The molecule has 7 heteroatoms. The number of nitrogens with zero attached hydrogens (tertiary/aromatic N) is 2. The maximum atomic E-state index is 11.9. The van der Waals surface area contributed by atoms with E-state index in [-0.39, 0.29) is 11.1 Å². The summed E-state index contributed by atoms with van der Waals surface area (Å²) in [5.74, 6) is -0.232. The lowest BCUT2D eigenvalue weighted by Gasteiger charge is -2.09. The number of benzene rings is 1. The number of aromatic nitrogens is 1. The van der Waals surface area contributed by atoms with Gasteiger partial charge in [-0.05, 0) is 43.0 Å². The van der Waals surface area contributed by atoms with E-state index in [2.05, 4.69) is 10.3 Å². The Morgan fingerprint density at radius 2 is 1.90 bits per heavy atom. The van der Waals surface area contributed by atoms with E-state index in [1.54, 1.807) is 43.7 Å². The Hall–Kier alpha value is -1.86. The zero-order valence-electron chi connectivity index (χ0n) is 11.9. The smallest absolute Gasteiger partial charge is 0.285 e. The van der Waals surface area contributed by atoms with Gasteiger partial charge in [-0.3, -0.25) is 9.59 Å². The number of amides is 2. The Morgan fingerprint density at radius 3 is 2.43 bits per heavy atom. The standard InChI is InChI=1S/C14H15N3O2S2/c1-9-15-12(8-20-9)13(18)16-10-4-6-11(7-5-10)21-14(19)17(2)3/h4-8H,1-3H3,(H,16,18). The van der Waals surface area contributed by atoms with Gasteiger partial charge in [0.25, 0.3) is 11.1 Å². The van der Waals surface area contributed by atoms with Crippen LogP contribution >= 0.6 is 23.1 Å². The third-order valence-corrected chi connectivity index (χ3v) is 4.36. The van der Waals surface area contributed by atoms with Crippen LogP contribution in [0, 0.1) is 6.92 Å². The lowest BCUT2D eigenvalue weighted by atomic mass is 10.3. The molecule has 110 valence electrons. The summed E-state index contributed by atoms with van der Waals surface area (Å²) >= 11 is 2.58. The molecule has 1 heterocycles. The number of anilines is 1. The Morgan fingerprint density at radius 1 is 1.24 bits per heavy atom. The van der Waals surface area contributed by atoms with Gasteiger partial charge in [0, 0.05) is 30.1 Å². The topological polar surface area (TPSA) is 62.3 Å². The molecule has 5 nitrogen and oxygen atoms in total. The molecule has 0 saturated heterocycles. The number of hydrogen-bond acceptors (Lipinski definition) is 5. The van der Waals surface area contributed by atoms with Crippen LogP contribution in [0.4, 0.5) is 10.5 Å². The predicted molar refractivity (Wildman–Crippen MR) is 86.2 cm³/mol. The van der Waals surface area contributed by atoms with Crippen LogP contribution in [0.25, 0.3) is 0 Å². The molecule has 2 rings (SSSR count). The number of aryl methyl sites for hydroxylation is 1. The van der Waals surface area contributed by atoms with Crippen LogP contribution in [0.5, 0.6) is 0 Å². The first kappa shape index (κ1) is 15.5. The number of nitrogens with one attached hydrogen (secondary N) is 1. The van der Waals surface area contributed by atoms with Crippen molar-refractivity contribution >= 4 is 39.9 Å². The summed E-state index contributed by atoms with van der Waals surface area (Å²) in [6.07, 6.45) is 0. The average Bonchev–Trinajstić information content (AvgIpc) is 2.87. The fraction of sp³-hybridized carbons (Fsp3) is 0.214. The highest BCUT2D eigenvalue weighted by Gasteiger charge is 2.10. The van der Waals surface area contributed by atoms with Gasteiger partial charge in [-0.15, -0.1) is 11.3 Å². The molecule has 0 saturated carbocycles. The van der Waals surface area contributed by atoms with Crippen molar-refractivity contribution in [3.8, 4) is 0 Å². The molecule has 0 atom stereocenters. The molecule has 0 aliphatic carbocycles. The van der Waals surface area contributed by atoms with Gasteiger partial charge < -0.3 is 10.2 Å². The van der Waals surface area contributed by atoms with E-state index in [9.17, 15) is 9.59 Å². The van der Waals surface area contributed by atoms with Crippen LogP contribution in [0.2, 0.25) is 0 Å². The Bertz CT molecular complexity index is 650. The van der Waals surface area contributed by atoms with E-state index in [1.165, 1.54) is 16.2 Å². The molecule has 1 N–H and O–H groups in total. The molecule has 1 aromatic carbocycles. The summed E-state index contributed by atoms with van der Waals surface area (Å²) in [6.45, 7) is 1.86. The summed E-state index contributed by atoms with van der Waals surface area (Å²) in [5, 5.41) is 5.32. The largest absolute Gasteiger partial charge is 0.339 e. The summed E-state index contributed by atoms with van der Waals surface area (Å²) in [6, 6.07) is 7.13. The summed E-state index contributed by atoms with van der Waals surface area (Å²) < 4.78 is 0. The van der Waals surface area contributed by atoms with Crippen LogP contribution in [-0.4, -0.2) is 35.1 Å². The van der Waals surface area contributed by atoms with Crippen molar-refractivity contribution < 1.29 is 9.59 Å². The van der Waals surface area contributed by atoms with Gasteiger partial charge >= 0.3 is 0 Å². The average molecular weight is 321 g/mol. The molecule has 0 unspecified atom stereocenters. The second-order valence-corrected chi connectivity index (χ2v) is 6.58. The summed E-state index contributed by atoms with van der Waals surface area (Å²) in [5.41, 5.74) is 1.09. The van der Waals surface area contributed by atoms with Crippen LogP contribution in [0.15, 0.2) is 34.5 Å². The lowest BCUT2D eigenvalue weighted by molar-refractivity contribution is 0.102. The van der Waals surface area contributed by atoms with Crippen LogP contribution in [0.3, 0.4) is 0 Å². The molecular formula is C14H15N3O2S2. The molecule has 1 aromatic heterocycles. The summed E-state index contributed by atoms with van der Waals surface area (Å²) in [4.78, 5) is 30.0. The van der Waals surface area contributed by atoms with E-state index in [4.69, 9.17) is 0 Å². The highest BCUT2D eigenvalue weighted by Crippen LogP contribution is 2.22. The second kappa shape index (κ2) is 6.73. The van der Waals surface area contributed by atoms with Crippen molar-refractivity contribution in [2.75, 3.05) is 19.4 Å². The van der Waals surface area contributed by atoms with Gasteiger partial charge in [0.1, 0.15) is 5.69 Å². The third-order valence-electron chi connectivity index (χ3n) is 2.53. The Kier molecular flexibility index (Phi) is 4.98. The highest BCUT2D eigenvalue weighted by molar-refractivity contribution is 8.13. The minimum Gasteiger partial charge on any atom is -0.339 e. The number of hydrogen-bond donors (Lipinski definition) is 1. The Labute approximate surface area is 131 Å². The predicted octanol–water partition coefficient (Wildman–Crippen LogP) is 3.48. The fourth-order valence-corrected chi connectivity index (χ4v) is 2.71. The molecular weight excluding hydrogens is 306 g/mol. The number of thioether (sulfide) groups is 1. The fourth-order valence-electron chi connectivity index (χ4n) is 1.46. The zero-order chi connectivity index (χ0) is 15.4. The van der Waals surface area contributed by atoms with Gasteiger partial charge in [-0.1, -0.05) is 0 Å². The molecule has 21 heavy (non-hydrogen) atoms. The molecule has 2 amide bonds. The third kappa shape index (κ3) is 4.30.